The van der Waals surface area contributed by atoms with E-state index in [2.05, 4.69) is 14.7 Å². The van der Waals surface area contributed by atoms with Crippen molar-refractivity contribution in [2.75, 3.05) is 0 Å². The van der Waals surface area contributed by atoms with Crippen molar-refractivity contribution in [1.29, 1.82) is 0 Å². The molecule has 1 N–H and O–H groups in total. The van der Waals surface area contributed by atoms with Crippen molar-refractivity contribution in [2.24, 2.45) is 0 Å². The number of hydrogen-bond acceptors (Lipinski definition) is 5. The zero-order valence-corrected chi connectivity index (χ0v) is 15.8. The molecule has 8 heteroatoms. The SMILES string of the molecule is Cc1ccc(/C=C/S(=O)(=O)NC2CCC(Oc3ncc(F)cn3)CC2)cc1. The van der Waals surface area contributed by atoms with E-state index in [1.54, 1.807) is 6.08 Å². The minimum atomic E-state index is -3.51. The van der Waals surface area contributed by atoms with Crippen LogP contribution in [-0.2, 0) is 10.0 Å². The Bertz CT molecular complexity index is 875. The summed E-state index contributed by atoms with van der Waals surface area (Å²) in [6, 6.07) is 7.63. The highest BCUT2D eigenvalue weighted by atomic mass is 32.2. The maximum Gasteiger partial charge on any atom is 0.316 e. The summed E-state index contributed by atoms with van der Waals surface area (Å²) >= 11 is 0. The first kappa shape index (κ1) is 19.4. The van der Waals surface area contributed by atoms with Crippen LogP contribution in [0.4, 0.5) is 4.39 Å². The molecule has 1 heterocycles. The van der Waals surface area contributed by atoms with Gasteiger partial charge in [0.15, 0.2) is 5.82 Å². The molecule has 0 amide bonds. The van der Waals surface area contributed by atoms with Crippen LogP contribution in [0.25, 0.3) is 6.08 Å². The van der Waals surface area contributed by atoms with E-state index in [0.29, 0.717) is 25.7 Å². The summed E-state index contributed by atoms with van der Waals surface area (Å²) in [5.41, 5.74) is 1.96. The molecule has 1 aliphatic rings. The highest BCUT2D eigenvalue weighted by Gasteiger charge is 2.25. The van der Waals surface area contributed by atoms with Crippen LogP contribution in [0.2, 0.25) is 0 Å². The molecule has 0 radical (unpaired) electrons. The number of aryl methyl sites for hydroxylation is 1. The van der Waals surface area contributed by atoms with Crippen LogP contribution < -0.4 is 9.46 Å². The fourth-order valence-electron chi connectivity index (χ4n) is 2.93. The fourth-order valence-corrected chi connectivity index (χ4v) is 4.04. The lowest BCUT2D eigenvalue weighted by Gasteiger charge is -2.28. The van der Waals surface area contributed by atoms with Crippen LogP contribution in [0.15, 0.2) is 42.1 Å². The third-order valence-electron chi connectivity index (χ3n) is 4.39. The molecule has 0 atom stereocenters. The van der Waals surface area contributed by atoms with Crippen molar-refractivity contribution in [2.45, 2.75) is 44.8 Å². The normalized spacial score (nSPS) is 20.7. The number of aromatic nitrogens is 2. The molecule has 144 valence electrons. The van der Waals surface area contributed by atoms with Crippen molar-refractivity contribution in [1.82, 2.24) is 14.7 Å². The number of sulfonamides is 1. The average Bonchev–Trinajstić information content (AvgIpc) is 2.65. The van der Waals surface area contributed by atoms with E-state index < -0.39 is 15.8 Å². The maximum atomic E-state index is 12.8. The summed E-state index contributed by atoms with van der Waals surface area (Å²) in [7, 11) is -3.51. The molecule has 0 aliphatic heterocycles. The minimum Gasteiger partial charge on any atom is -0.460 e. The molecule has 1 saturated carbocycles. The molecule has 0 saturated heterocycles. The molecule has 1 aromatic heterocycles. The molecule has 0 spiro atoms. The Labute approximate surface area is 158 Å². The fraction of sp³-hybridized carbons (Fsp3) is 0.368. The second kappa shape index (κ2) is 8.58. The van der Waals surface area contributed by atoms with Gasteiger partial charge in [0.25, 0.3) is 0 Å². The molecule has 6 nitrogen and oxygen atoms in total. The van der Waals surface area contributed by atoms with Gasteiger partial charge in [0, 0.05) is 11.4 Å². The summed E-state index contributed by atoms with van der Waals surface area (Å²) in [6.45, 7) is 1.98. The number of rotatable bonds is 6. The van der Waals surface area contributed by atoms with E-state index in [1.807, 2.05) is 31.2 Å². The van der Waals surface area contributed by atoms with E-state index in [0.717, 1.165) is 23.5 Å². The van der Waals surface area contributed by atoms with Crippen LogP contribution in [0.5, 0.6) is 6.01 Å². The summed E-state index contributed by atoms with van der Waals surface area (Å²) in [6.07, 6.45) is 6.27. The Morgan fingerprint density at radius 2 is 1.74 bits per heavy atom. The zero-order valence-electron chi connectivity index (χ0n) is 15.0. The molecule has 2 aromatic rings. The van der Waals surface area contributed by atoms with Gasteiger partial charge in [0.05, 0.1) is 12.4 Å². The first-order valence-corrected chi connectivity index (χ1v) is 10.4. The molecule has 1 aromatic carbocycles. The summed E-state index contributed by atoms with van der Waals surface area (Å²) in [4.78, 5) is 7.56. The van der Waals surface area contributed by atoms with Gasteiger partial charge in [0.1, 0.15) is 6.10 Å². The summed E-state index contributed by atoms with van der Waals surface area (Å²) in [5, 5.41) is 1.20. The van der Waals surface area contributed by atoms with E-state index in [1.165, 1.54) is 5.41 Å². The Hall–Kier alpha value is -2.32. The van der Waals surface area contributed by atoms with E-state index in [-0.39, 0.29) is 18.2 Å². The van der Waals surface area contributed by atoms with Gasteiger partial charge in [-0.25, -0.2) is 27.5 Å². The van der Waals surface area contributed by atoms with Gasteiger partial charge < -0.3 is 4.74 Å². The number of halogens is 1. The molecular weight excluding hydrogens is 369 g/mol. The van der Waals surface area contributed by atoms with Crippen LogP contribution in [-0.4, -0.2) is 30.5 Å². The Morgan fingerprint density at radius 3 is 2.37 bits per heavy atom. The second-order valence-corrected chi connectivity index (χ2v) is 8.25. The molecule has 0 unspecified atom stereocenters. The predicted octanol–water partition coefficient (Wildman–Crippen LogP) is 3.20. The van der Waals surface area contributed by atoms with Crippen molar-refractivity contribution in [3.8, 4) is 6.01 Å². The van der Waals surface area contributed by atoms with Gasteiger partial charge in [-0.05, 0) is 44.2 Å². The van der Waals surface area contributed by atoms with Gasteiger partial charge >= 0.3 is 6.01 Å². The largest absolute Gasteiger partial charge is 0.460 e. The van der Waals surface area contributed by atoms with Crippen LogP contribution in [0.3, 0.4) is 0 Å². The number of ether oxygens (including phenoxy) is 1. The Morgan fingerprint density at radius 1 is 1.11 bits per heavy atom. The van der Waals surface area contributed by atoms with Gasteiger partial charge in [-0.15, -0.1) is 0 Å². The van der Waals surface area contributed by atoms with Crippen molar-refractivity contribution in [3.05, 3.63) is 59.0 Å². The zero-order chi connectivity index (χ0) is 19.3. The summed E-state index contributed by atoms with van der Waals surface area (Å²) < 4.78 is 45.7. The van der Waals surface area contributed by atoms with Gasteiger partial charge in [-0.3, -0.25) is 0 Å². The lowest BCUT2D eigenvalue weighted by molar-refractivity contribution is 0.132. The highest BCUT2D eigenvalue weighted by molar-refractivity contribution is 7.92. The number of nitrogens with one attached hydrogen (secondary N) is 1. The minimum absolute atomic E-state index is 0.0979. The molecule has 3 rings (SSSR count). The number of nitrogens with zero attached hydrogens (tertiary/aromatic N) is 2. The van der Waals surface area contributed by atoms with Gasteiger partial charge in [-0.1, -0.05) is 29.8 Å². The smallest absolute Gasteiger partial charge is 0.316 e. The molecule has 1 aliphatic carbocycles. The third kappa shape index (κ3) is 6.11. The average molecular weight is 391 g/mol. The van der Waals surface area contributed by atoms with Crippen LogP contribution in [0, 0.1) is 12.7 Å². The Balaban J connectivity index is 1.49. The van der Waals surface area contributed by atoms with E-state index in [4.69, 9.17) is 4.74 Å². The first-order chi connectivity index (χ1) is 12.9. The molecule has 1 fully saturated rings. The first-order valence-electron chi connectivity index (χ1n) is 8.81. The third-order valence-corrected chi connectivity index (χ3v) is 5.55. The van der Waals surface area contributed by atoms with Gasteiger partial charge in [-0.2, -0.15) is 0 Å². The van der Waals surface area contributed by atoms with Crippen molar-refractivity contribution < 1.29 is 17.5 Å². The van der Waals surface area contributed by atoms with E-state index in [9.17, 15) is 12.8 Å². The predicted molar refractivity (Wildman–Crippen MR) is 101 cm³/mol. The lowest BCUT2D eigenvalue weighted by Crippen LogP contribution is -2.38. The van der Waals surface area contributed by atoms with Gasteiger partial charge in [0.2, 0.25) is 10.0 Å². The molecule has 0 bridgehead atoms. The highest BCUT2D eigenvalue weighted by Crippen LogP contribution is 2.23. The van der Waals surface area contributed by atoms with E-state index >= 15 is 0 Å². The van der Waals surface area contributed by atoms with Crippen molar-refractivity contribution >= 4 is 16.1 Å². The second-order valence-electron chi connectivity index (χ2n) is 6.65. The number of hydrogen-bond donors (Lipinski definition) is 1. The maximum absolute atomic E-state index is 12.8. The summed E-state index contributed by atoms with van der Waals surface area (Å²) in [5.74, 6) is -0.515. The quantitative estimate of drug-likeness (QED) is 0.818. The topological polar surface area (TPSA) is 81.2 Å². The van der Waals surface area contributed by atoms with Crippen LogP contribution in [0.1, 0.15) is 36.8 Å². The standard InChI is InChI=1S/C19H22FN3O3S/c1-14-2-4-15(5-3-14)10-11-27(24,25)23-17-6-8-18(9-7-17)26-19-21-12-16(20)13-22-19/h2-5,10-13,17-18,23H,6-9H2,1H3/b11-10+. The monoisotopic (exact) mass is 391 g/mol. The van der Waals surface area contributed by atoms with Crippen LogP contribution >= 0.6 is 0 Å². The van der Waals surface area contributed by atoms with Crippen molar-refractivity contribution in [3.63, 3.8) is 0 Å². The molecular formula is C19H22FN3O3S. The lowest BCUT2D eigenvalue weighted by atomic mass is 9.94. The number of benzene rings is 1. The Kier molecular flexibility index (Phi) is 6.18. The molecule has 27 heavy (non-hydrogen) atoms.